The van der Waals surface area contributed by atoms with Crippen molar-refractivity contribution < 1.29 is 10.2 Å². The number of aliphatic hydroxyl groups excluding tert-OH is 1. The maximum absolute atomic E-state index is 9.44. The SMILES string of the molecule is OCC(CNC1CCCC1)c1cccc(O)c1. The average Bonchev–Trinajstić information content (AvgIpc) is 2.83. The van der Waals surface area contributed by atoms with Crippen molar-refractivity contribution in [2.24, 2.45) is 0 Å². The van der Waals surface area contributed by atoms with E-state index in [1.807, 2.05) is 12.1 Å². The molecule has 1 aromatic carbocycles. The first kappa shape index (κ1) is 12.4. The van der Waals surface area contributed by atoms with E-state index in [9.17, 15) is 10.2 Å². The van der Waals surface area contributed by atoms with E-state index < -0.39 is 0 Å². The highest BCUT2D eigenvalue weighted by molar-refractivity contribution is 5.30. The van der Waals surface area contributed by atoms with Crippen molar-refractivity contribution in [2.75, 3.05) is 13.2 Å². The fourth-order valence-electron chi connectivity index (χ4n) is 2.51. The number of aromatic hydroxyl groups is 1. The van der Waals surface area contributed by atoms with Crippen LogP contribution in [0, 0.1) is 0 Å². The molecule has 3 heteroatoms. The molecule has 0 bridgehead atoms. The molecule has 1 fully saturated rings. The summed E-state index contributed by atoms with van der Waals surface area (Å²) >= 11 is 0. The van der Waals surface area contributed by atoms with Gasteiger partial charge in [-0.15, -0.1) is 0 Å². The first-order valence-corrected chi connectivity index (χ1v) is 6.43. The van der Waals surface area contributed by atoms with Gasteiger partial charge in [-0.25, -0.2) is 0 Å². The third kappa shape index (κ3) is 3.45. The zero-order chi connectivity index (χ0) is 12.1. The Morgan fingerprint density at radius 1 is 1.29 bits per heavy atom. The van der Waals surface area contributed by atoms with Gasteiger partial charge in [0.05, 0.1) is 6.61 Å². The maximum Gasteiger partial charge on any atom is 0.115 e. The van der Waals surface area contributed by atoms with Crippen molar-refractivity contribution in [2.45, 2.75) is 37.6 Å². The molecule has 1 atom stereocenters. The molecule has 94 valence electrons. The Morgan fingerprint density at radius 2 is 2.06 bits per heavy atom. The minimum absolute atomic E-state index is 0.0719. The summed E-state index contributed by atoms with van der Waals surface area (Å²) in [7, 11) is 0. The highest BCUT2D eigenvalue weighted by atomic mass is 16.3. The number of benzene rings is 1. The zero-order valence-electron chi connectivity index (χ0n) is 10.1. The molecule has 2 rings (SSSR count). The number of hydrogen-bond acceptors (Lipinski definition) is 3. The molecular formula is C14H21NO2. The van der Waals surface area contributed by atoms with Crippen LogP contribution in [-0.4, -0.2) is 29.4 Å². The van der Waals surface area contributed by atoms with E-state index in [0.717, 1.165) is 12.1 Å². The third-order valence-corrected chi connectivity index (χ3v) is 3.57. The van der Waals surface area contributed by atoms with E-state index in [2.05, 4.69) is 5.32 Å². The molecule has 3 N–H and O–H groups in total. The molecule has 0 spiro atoms. The van der Waals surface area contributed by atoms with Crippen LogP contribution >= 0.6 is 0 Å². The number of aliphatic hydroxyl groups is 1. The van der Waals surface area contributed by atoms with Gasteiger partial charge in [0.15, 0.2) is 0 Å². The van der Waals surface area contributed by atoms with Crippen LogP contribution in [0.4, 0.5) is 0 Å². The molecular weight excluding hydrogens is 214 g/mol. The van der Waals surface area contributed by atoms with Crippen LogP contribution in [0.15, 0.2) is 24.3 Å². The highest BCUT2D eigenvalue weighted by Crippen LogP contribution is 2.21. The van der Waals surface area contributed by atoms with E-state index in [-0.39, 0.29) is 18.3 Å². The Hall–Kier alpha value is -1.06. The minimum atomic E-state index is 0.0719. The largest absolute Gasteiger partial charge is 0.508 e. The predicted octanol–water partition coefficient (Wildman–Crippen LogP) is 2.00. The lowest BCUT2D eigenvalue weighted by Crippen LogP contribution is -2.31. The smallest absolute Gasteiger partial charge is 0.115 e. The third-order valence-electron chi connectivity index (χ3n) is 3.57. The Morgan fingerprint density at radius 3 is 2.71 bits per heavy atom. The maximum atomic E-state index is 9.44. The Bertz CT molecular complexity index is 348. The monoisotopic (exact) mass is 235 g/mol. The number of nitrogens with one attached hydrogen (secondary N) is 1. The quantitative estimate of drug-likeness (QED) is 0.731. The number of rotatable bonds is 5. The van der Waals surface area contributed by atoms with Crippen molar-refractivity contribution in [3.63, 3.8) is 0 Å². The standard InChI is InChI=1S/C14H21NO2/c16-10-12(9-15-13-5-1-2-6-13)11-4-3-7-14(17)8-11/h3-4,7-8,12-13,15-17H,1-2,5-6,9-10H2. The molecule has 0 amide bonds. The normalized spacial score (nSPS) is 18.4. The lowest BCUT2D eigenvalue weighted by Gasteiger charge is -2.19. The van der Waals surface area contributed by atoms with Gasteiger partial charge in [-0.05, 0) is 30.5 Å². The van der Waals surface area contributed by atoms with Gasteiger partial charge in [0.1, 0.15) is 5.75 Å². The second-order valence-electron chi connectivity index (χ2n) is 4.86. The van der Waals surface area contributed by atoms with Crippen molar-refractivity contribution in [3.05, 3.63) is 29.8 Å². The first-order valence-electron chi connectivity index (χ1n) is 6.43. The van der Waals surface area contributed by atoms with Crippen molar-refractivity contribution in [1.82, 2.24) is 5.32 Å². The molecule has 1 saturated carbocycles. The lowest BCUT2D eigenvalue weighted by atomic mass is 9.99. The predicted molar refractivity (Wildman–Crippen MR) is 68.2 cm³/mol. The summed E-state index contributed by atoms with van der Waals surface area (Å²) in [6.07, 6.45) is 5.12. The molecule has 1 aliphatic carbocycles. The molecule has 0 radical (unpaired) electrons. The lowest BCUT2D eigenvalue weighted by molar-refractivity contribution is 0.258. The van der Waals surface area contributed by atoms with Crippen molar-refractivity contribution in [1.29, 1.82) is 0 Å². The van der Waals surface area contributed by atoms with E-state index >= 15 is 0 Å². The van der Waals surface area contributed by atoms with E-state index in [4.69, 9.17) is 0 Å². The van der Waals surface area contributed by atoms with Gasteiger partial charge in [0, 0.05) is 18.5 Å². The summed E-state index contributed by atoms with van der Waals surface area (Å²) in [5, 5.41) is 22.4. The Balaban J connectivity index is 1.91. The summed E-state index contributed by atoms with van der Waals surface area (Å²) < 4.78 is 0. The fourth-order valence-corrected chi connectivity index (χ4v) is 2.51. The second-order valence-corrected chi connectivity index (χ2v) is 4.86. The van der Waals surface area contributed by atoms with E-state index in [0.29, 0.717) is 6.04 Å². The van der Waals surface area contributed by atoms with Gasteiger partial charge < -0.3 is 15.5 Å². The zero-order valence-corrected chi connectivity index (χ0v) is 10.1. The topological polar surface area (TPSA) is 52.5 Å². The van der Waals surface area contributed by atoms with Crippen LogP contribution in [0.3, 0.4) is 0 Å². The van der Waals surface area contributed by atoms with Crippen LogP contribution < -0.4 is 5.32 Å². The fraction of sp³-hybridized carbons (Fsp3) is 0.571. The average molecular weight is 235 g/mol. The molecule has 0 aromatic heterocycles. The van der Waals surface area contributed by atoms with Gasteiger partial charge >= 0.3 is 0 Å². The van der Waals surface area contributed by atoms with Gasteiger partial charge in [0.25, 0.3) is 0 Å². The number of phenolic OH excluding ortho intramolecular Hbond substituents is 1. The summed E-state index contributed by atoms with van der Waals surface area (Å²) in [6, 6.07) is 7.78. The van der Waals surface area contributed by atoms with Gasteiger partial charge in [-0.1, -0.05) is 25.0 Å². The summed E-state index contributed by atoms with van der Waals surface area (Å²) in [6.45, 7) is 0.897. The van der Waals surface area contributed by atoms with Gasteiger partial charge in [-0.3, -0.25) is 0 Å². The second kappa shape index (κ2) is 6.03. The molecule has 0 heterocycles. The van der Waals surface area contributed by atoms with Crippen LogP contribution in [0.5, 0.6) is 5.75 Å². The molecule has 3 nitrogen and oxygen atoms in total. The van der Waals surface area contributed by atoms with Crippen molar-refractivity contribution >= 4 is 0 Å². The first-order chi connectivity index (χ1) is 8.29. The van der Waals surface area contributed by atoms with E-state index in [1.54, 1.807) is 12.1 Å². The Labute approximate surface area is 102 Å². The van der Waals surface area contributed by atoms with Gasteiger partial charge in [-0.2, -0.15) is 0 Å². The molecule has 0 saturated heterocycles. The number of phenols is 1. The molecule has 17 heavy (non-hydrogen) atoms. The van der Waals surface area contributed by atoms with Crippen LogP contribution in [0.2, 0.25) is 0 Å². The molecule has 1 aromatic rings. The van der Waals surface area contributed by atoms with E-state index in [1.165, 1.54) is 25.7 Å². The van der Waals surface area contributed by atoms with Crippen LogP contribution in [0.1, 0.15) is 37.2 Å². The minimum Gasteiger partial charge on any atom is -0.508 e. The Kier molecular flexibility index (Phi) is 4.40. The molecule has 1 unspecified atom stereocenters. The van der Waals surface area contributed by atoms with Crippen LogP contribution in [-0.2, 0) is 0 Å². The van der Waals surface area contributed by atoms with Crippen LogP contribution in [0.25, 0.3) is 0 Å². The molecule has 0 aliphatic heterocycles. The summed E-state index contributed by atoms with van der Waals surface area (Å²) in [5.41, 5.74) is 0.998. The van der Waals surface area contributed by atoms with Crippen molar-refractivity contribution in [3.8, 4) is 5.75 Å². The molecule has 1 aliphatic rings. The summed E-state index contributed by atoms with van der Waals surface area (Å²) in [5.74, 6) is 0.338. The number of hydrogen-bond donors (Lipinski definition) is 3. The van der Waals surface area contributed by atoms with Gasteiger partial charge in [0.2, 0.25) is 0 Å². The highest BCUT2D eigenvalue weighted by Gasteiger charge is 2.17. The summed E-state index contributed by atoms with van der Waals surface area (Å²) in [4.78, 5) is 0.